The number of hydrogen-bond acceptors (Lipinski definition) is 5. The van der Waals surface area contributed by atoms with E-state index in [0.29, 0.717) is 21.6 Å². The van der Waals surface area contributed by atoms with Crippen molar-refractivity contribution in [1.82, 2.24) is 20.1 Å². The summed E-state index contributed by atoms with van der Waals surface area (Å²) in [5, 5.41) is 15.8. The van der Waals surface area contributed by atoms with Gasteiger partial charge in [0.05, 0.1) is 11.8 Å². The number of aryl methyl sites for hydroxylation is 2. The molecule has 0 aliphatic heterocycles. The van der Waals surface area contributed by atoms with Gasteiger partial charge in [-0.05, 0) is 67.3 Å². The summed E-state index contributed by atoms with van der Waals surface area (Å²) >= 11 is 10.7. The highest BCUT2D eigenvalue weighted by Crippen LogP contribution is 2.27. The van der Waals surface area contributed by atoms with E-state index in [1.54, 1.807) is 24.3 Å². The number of halogens is 2. The van der Waals surface area contributed by atoms with Crippen LogP contribution >= 0.6 is 39.3 Å². The molecule has 0 saturated carbocycles. The maximum atomic E-state index is 12.8. The van der Waals surface area contributed by atoms with E-state index >= 15 is 0 Å². The SMILES string of the molecule is Cc1cc(Br)cc(C)c1NC(=O)CSc1nnc([C@H](NC(=O)c2ccc(Cl)cc2)C(C)C)n1C. The van der Waals surface area contributed by atoms with Crippen LogP contribution in [0.3, 0.4) is 0 Å². The molecule has 0 radical (unpaired) electrons. The monoisotopic (exact) mass is 563 g/mol. The van der Waals surface area contributed by atoms with E-state index < -0.39 is 0 Å². The Labute approximate surface area is 217 Å². The Hall–Kier alpha value is -2.36. The van der Waals surface area contributed by atoms with Gasteiger partial charge < -0.3 is 15.2 Å². The minimum atomic E-state index is -0.350. The Bertz CT molecular complexity index is 1170. The maximum Gasteiger partial charge on any atom is 0.251 e. The summed E-state index contributed by atoms with van der Waals surface area (Å²) in [7, 11) is 1.84. The molecule has 3 aromatic rings. The standard InChI is InChI=1S/C24H27BrClN5O2S/c1-13(2)20(28-23(33)16-6-8-18(26)9-7-16)22-29-30-24(31(22)5)34-12-19(32)27-21-14(3)10-17(25)11-15(21)4/h6-11,13,20H,12H2,1-5H3,(H,27,32)(H,28,33)/t20-/m1/s1. The Balaban J connectivity index is 1.68. The highest BCUT2D eigenvalue weighted by molar-refractivity contribution is 9.10. The Morgan fingerprint density at radius 3 is 2.32 bits per heavy atom. The molecule has 34 heavy (non-hydrogen) atoms. The van der Waals surface area contributed by atoms with Gasteiger partial charge in [-0.15, -0.1) is 10.2 Å². The van der Waals surface area contributed by atoms with E-state index in [1.807, 2.05) is 51.4 Å². The summed E-state index contributed by atoms with van der Waals surface area (Å²) in [4.78, 5) is 25.3. The lowest BCUT2D eigenvalue weighted by molar-refractivity contribution is -0.113. The lowest BCUT2D eigenvalue weighted by Gasteiger charge is -2.21. The number of carbonyl (C=O) groups is 2. The second kappa shape index (κ2) is 11.4. The predicted octanol–water partition coefficient (Wildman–Crippen LogP) is 5.71. The minimum Gasteiger partial charge on any atom is -0.342 e. The number of nitrogens with one attached hydrogen (secondary N) is 2. The van der Waals surface area contributed by atoms with Gasteiger partial charge >= 0.3 is 0 Å². The molecule has 0 saturated heterocycles. The highest BCUT2D eigenvalue weighted by Gasteiger charge is 2.25. The Kier molecular flexibility index (Phi) is 8.78. The normalized spacial score (nSPS) is 12.0. The maximum absolute atomic E-state index is 12.8. The number of nitrogens with zero attached hydrogens (tertiary/aromatic N) is 3. The van der Waals surface area contributed by atoms with E-state index in [0.717, 1.165) is 21.3 Å². The van der Waals surface area contributed by atoms with Crippen molar-refractivity contribution in [2.45, 2.75) is 38.9 Å². The quantitative estimate of drug-likeness (QED) is 0.342. The molecule has 0 aliphatic carbocycles. The number of thioether (sulfide) groups is 1. The first-order valence-corrected chi connectivity index (χ1v) is 12.9. The van der Waals surface area contributed by atoms with Crippen molar-refractivity contribution in [3.63, 3.8) is 0 Å². The topological polar surface area (TPSA) is 88.9 Å². The van der Waals surface area contributed by atoms with Gasteiger partial charge in [0.15, 0.2) is 11.0 Å². The number of amides is 2. The molecule has 1 atom stereocenters. The predicted molar refractivity (Wildman–Crippen MR) is 140 cm³/mol. The van der Waals surface area contributed by atoms with Crippen LogP contribution < -0.4 is 10.6 Å². The molecular formula is C24H27BrClN5O2S. The van der Waals surface area contributed by atoms with Crippen LogP contribution in [0.2, 0.25) is 5.02 Å². The molecule has 1 aromatic heterocycles. The first kappa shape index (κ1) is 26.2. The molecule has 1 heterocycles. The van der Waals surface area contributed by atoms with Crippen LogP contribution in [0, 0.1) is 19.8 Å². The van der Waals surface area contributed by atoms with E-state index in [4.69, 9.17) is 11.6 Å². The number of anilines is 1. The number of carbonyl (C=O) groups excluding carboxylic acids is 2. The Morgan fingerprint density at radius 2 is 1.74 bits per heavy atom. The van der Waals surface area contributed by atoms with Gasteiger partial charge in [0.25, 0.3) is 5.91 Å². The van der Waals surface area contributed by atoms with Gasteiger partial charge in [-0.2, -0.15) is 0 Å². The number of rotatable bonds is 8. The lowest BCUT2D eigenvalue weighted by atomic mass is 10.0. The zero-order valence-corrected chi connectivity index (χ0v) is 22.8. The van der Waals surface area contributed by atoms with E-state index in [9.17, 15) is 9.59 Å². The third kappa shape index (κ3) is 6.40. The van der Waals surface area contributed by atoms with Crippen LogP contribution in [-0.4, -0.2) is 32.3 Å². The first-order chi connectivity index (χ1) is 16.1. The molecule has 0 bridgehead atoms. The molecule has 2 N–H and O–H groups in total. The summed E-state index contributed by atoms with van der Waals surface area (Å²) in [5.41, 5.74) is 3.31. The fraction of sp³-hybridized carbons (Fsp3) is 0.333. The van der Waals surface area contributed by atoms with Gasteiger partial charge in [-0.1, -0.05) is 53.1 Å². The van der Waals surface area contributed by atoms with Crippen LogP contribution in [-0.2, 0) is 11.8 Å². The smallest absolute Gasteiger partial charge is 0.251 e. The van der Waals surface area contributed by atoms with Gasteiger partial charge in [-0.25, -0.2) is 0 Å². The van der Waals surface area contributed by atoms with Crippen molar-refractivity contribution in [3.8, 4) is 0 Å². The van der Waals surface area contributed by atoms with Gasteiger partial charge in [0.1, 0.15) is 0 Å². The summed E-state index contributed by atoms with van der Waals surface area (Å²) in [5.74, 6) is 0.542. The van der Waals surface area contributed by atoms with Crippen molar-refractivity contribution in [3.05, 3.63) is 68.4 Å². The number of hydrogen-bond donors (Lipinski definition) is 2. The van der Waals surface area contributed by atoms with Crippen molar-refractivity contribution >= 4 is 56.8 Å². The van der Waals surface area contributed by atoms with Crippen LogP contribution in [0.25, 0.3) is 0 Å². The molecule has 180 valence electrons. The fourth-order valence-corrected chi connectivity index (χ4v) is 5.02. The van der Waals surface area contributed by atoms with Crippen molar-refractivity contribution in [2.75, 3.05) is 11.1 Å². The third-order valence-corrected chi connectivity index (χ3v) is 7.03. The summed E-state index contributed by atoms with van der Waals surface area (Å²) < 4.78 is 2.80. The second-order valence-electron chi connectivity index (χ2n) is 8.35. The van der Waals surface area contributed by atoms with Crippen LogP contribution in [0.5, 0.6) is 0 Å². The van der Waals surface area contributed by atoms with Crippen LogP contribution in [0.1, 0.15) is 47.2 Å². The van der Waals surface area contributed by atoms with E-state index in [-0.39, 0.29) is 29.5 Å². The Morgan fingerprint density at radius 1 is 1.12 bits per heavy atom. The summed E-state index contributed by atoms with van der Waals surface area (Å²) in [6.45, 7) is 7.93. The van der Waals surface area contributed by atoms with Gasteiger partial charge in [-0.3, -0.25) is 9.59 Å². The summed E-state index contributed by atoms with van der Waals surface area (Å²) in [6.07, 6.45) is 0. The van der Waals surface area contributed by atoms with Crippen molar-refractivity contribution < 1.29 is 9.59 Å². The number of aromatic nitrogens is 3. The highest BCUT2D eigenvalue weighted by atomic mass is 79.9. The molecule has 0 fully saturated rings. The number of benzene rings is 2. The minimum absolute atomic E-state index is 0.0728. The molecule has 2 amide bonds. The largest absolute Gasteiger partial charge is 0.342 e. The molecule has 2 aromatic carbocycles. The molecule has 3 rings (SSSR count). The molecular weight excluding hydrogens is 538 g/mol. The average Bonchev–Trinajstić information content (AvgIpc) is 3.13. The molecule has 0 aliphatic rings. The lowest BCUT2D eigenvalue weighted by Crippen LogP contribution is -2.33. The van der Waals surface area contributed by atoms with Crippen molar-refractivity contribution in [2.24, 2.45) is 13.0 Å². The average molecular weight is 565 g/mol. The molecule has 7 nitrogen and oxygen atoms in total. The first-order valence-electron chi connectivity index (χ1n) is 10.7. The van der Waals surface area contributed by atoms with Gasteiger partial charge in [0.2, 0.25) is 5.91 Å². The molecule has 0 spiro atoms. The van der Waals surface area contributed by atoms with Gasteiger partial charge in [0, 0.05) is 27.8 Å². The van der Waals surface area contributed by atoms with Crippen LogP contribution in [0.15, 0.2) is 46.0 Å². The van der Waals surface area contributed by atoms with E-state index in [2.05, 4.69) is 36.8 Å². The second-order valence-corrected chi connectivity index (χ2v) is 10.6. The van der Waals surface area contributed by atoms with Crippen LogP contribution in [0.4, 0.5) is 5.69 Å². The summed E-state index contributed by atoms with van der Waals surface area (Å²) in [6, 6.07) is 10.3. The molecule has 10 heteroatoms. The fourth-order valence-electron chi connectivity index (χ4n) is 3.49. The van der Waals surface area contributed by atoms with Crippen molar-refractivity contribution in [1.29, 1.82) is 0 Å². The third-order valence-electron chi connectivity index (χ3n) is 5.30. The zero-order valence-electron chi connectivity index (χ0n) is 19.6. The molecule has 0 unspecified atom stereocenters. The zero-order chi connectivity index (χ0) is 25.0. The van der Waals surface area contributed by atoms with E-state index in [1.165, 1.54) is 11.8 Å².